The number of aliphatic imine (C=N–C) groups is 1. The molecule has 1 rings (SSSR count). The van der Waals surface area contributed by atoms with E-state index in [0.717, 1.165) is 5.57 Å². The van der Waals surface area contributed by atoms with E-state index in [1.165, 1.54) is 6.20 Å². The van der Waals surface area contributed by atoms with Gasteiger partial charge in [0, 0.05) is 18.4 Å². The average Bonchev–Trinajstić information content (AvgIpc) is 2.59. The summed E-state index contributed by atoms with van der Waals surface area (Å²) in [4.78, 5) is 14.3. The molecule has 0 aromatic rings. The number of hydrogen-bond acceptors (Lipinski definition) is 3. The van der Waals surface area contributed by atoms with Crippen molar-refractivity contribution in [3.05, 3.63) is 24.6 Å². The van der Waals surface area contributed by atoms with Gasteiger partial charge in [-0.05, 0) is 13.8 Å². The molecule has 0 aliphatic carbocycles. The zero-order valence-electron chi connectivity index (χ0n) is 8.84. The van der Waals surface area contributed by atoms with Crippen LogP contribution < -0.4 is 5.32 Å². The molecule has 0 spiro atoms. The Balaban J connectivity index is 2.94. The number of carbonyl (C=O) groups is 1. The number of nitrogens with zero attached hydrogens (tertiary/aromatic N) is 3. The van der Waals surface area contributed by atoms with Crippen molar-refractivity contribution < 1.29 is 4.79 Å². The molecule has 5 heteroatoms. The zero-order chi connectivity index (χ0) is 11.3. The number of rotatable bonds is 4. The summed E-state index contributed by atoms with van der Waals surface area (Å²) in [5, 5.41) is 8.40. The lowest BCUT2D eigenvalue weighted by Crippen LogP contribution is -2.29. The average molecular weight is 206 g/mol. The van der Waals surface area contributed by atoms with Gasteiger partial charge in [0.05, 0.1) is 11.8 Å². The first-order valence-electron chi connectivity index (χ1n) is 4.63. The predicted octanol–water partition coefficient (Wildman–Crippen LogP) is 0.868. The first-order valence-corrected chi connectivity index (χ1v) is 4.63. The fraction of sp³-hybridized carbons (Fsp3) is 0.300. The van der Waals surface area contributed by atoms with Gasteiger partial charge in [-0.15, -0.1) is 0 Å². The minimum Gasteiger partial charge on any atom is -0.334 e. The van der Waals surface area contributed by atoms with Crippen molar-refractivity contribution in [1.29, 1.82) is 0 Å². The fourth-order valence-corrected chi connectivity index (χ4v) is 1.19. The summed E-state index contributed by atoms with van der Waals surface area (Å²) in [5.41, 5.74) is 0.760. The monoisotopic (exact) mass is 206 g/mol. The van der Waals surface area contributed by atoms with Crippen molar-refractivity contribution >= 4 is 18.5 Å². The van der Waals surface area contributed by atoms with Crippen LogP contribution in [0.25, 0.3) is 0 Å². The molecule has 80 valence electrons. The lowest BCUT2D eigenvalue weighted by molar-refractivity contribution is -0.108. The van der Waals surface area contributed by atoms with E-state index in [1.807, 2.05) is 13.8 Å². The zero-order valence-corrected chi connectivity index (χ0v) is 8.84. The van der Waals surface area contributed by atoms with E-state index >= 15 is 0 Å². The van der Waals surface area contributed by atoms with Crippen LogP contribution >= 0.6 is 0 Å². The summed E-state index contributed by atoms with van der Waals surface area (Å²) >= 11 is 0. The molecule has 0 aromatic heterocycles. The quantitative estimate of drug-likeness (QED) is 0.694. The molecule has 0 saturated heterocycles. The second-order valence-corrected chi connectivity index (χ2v) is 3.20. The highest BCUT2D eigenvalue weighted by atomic mass is 16.1. The Morgan fingerprint density at radius 1 is 1.67 bits per heavy atom. The molecule has 1 aliphatic heterocycles. The number of amidine groups is 1. The minimum atomic E-state index is 0.210. The summed E-state index contributed by atoms with van der Waals surface area (Å²) in [7, 11) is 0. The molecule has 0 radical (unpaired) electrons. The molecule has 1 N–H and O–H groups in total. The third-order valence-corrected chi connectivity index (χ3v) is 1.81. The standard InChI is InChI=1S/C10H14N4O/c1-4-12-10-9(5-11-7-15)6-13-14(10)8(2)3/h4-8H,1H2,2-3H3,(H,11,15)/b9-5+,12-10+. The van der Waals surface area contributed by atoms with Gasteiger partial charge in [-0.25, -0.2) is 10.0 Å². The van der Waals surface area contributed by atoms with Gasteiger partial charge in [0.15, 0.2) is 5.84 Å². The first-order chi connectivity index (χ1) is 7.20. The summed E-state index contributed by atoms with van der Waals surface area (Å²) in [6, 6.07) is 0.210. The molecule has 15 heavy (non-hydrogen) atoms. The van der Waals surface area contributed by atoms with Gasteiger partial charge in [-0.3, -0.25) is 4.79 Å². The topological polar surface area (TPSA) is 57.1 Å². The Morgan fingerprint density at radius 3 is 2.93 bits per heavy atom. The minimum absolute atomic E-state index is 0.210. The van der Waals surface area contributed by atoms with Crippen molar-refractivity contribution in [3.63, 3.8) is 0 Å². The van der Waals surface area contributed by atoms with Crippen LogP contribution in [0, 0.1) is 0 Å². The molecule has 1 amide bonds. The van der Waals surface area contributed by atoms with Crippen molar-refractivity contribution in [2.75, 3.05) is 0 Å². The van der Waals surface area contributed by atoms with E-state index in [2.05, 4.69) is 22.0 Å². The van der Waals surface area contributed by atoms with Gasteiger partial charge in [0.1, 0.15) is 0 Å². The molecule has 5 nitrogen and oxygen atoms in total. The lowest BCUT2D eigenvalue weighted by Gasteiger charge is -2.19. The van der Waals surface area contributed by atoms with E-state index < -0.39 is 0 Å². The van der Waals surface area contributed by atoms with Crippen molar-refractivity contribution in [2.24, 2.45) is 10.1 Å². The van der Waals surface area contributed by atoms with Gasteiger partial charge in [0.25, 0.3) is 0 Å². The second kappa shape index (κ2) is 5.09. The lowest BCUT2D eigenvalue weighted by atomic mass is 10.2. The number of amides is 1. The Labute approximate surface area is 88.9 Å². The van der Waals surface area contributed by atoms with Crippen LogP contribution in [0.3, 0.4) is 0 Å². The SMILES string of the molecule is C=C/N=C1\C(=C\NC=O)C=NN1C(C)C. The molecule has 1 heterocycles. The van der Waals surface area contributed by atoms with Gasteiger partial charge < -0.3 is 5.32 Å². The fourth-order valence-electron chi connectivity index (χ4n) is 1.19. The molecule has 0 atom stereocenters. The highest BCUT2D eigenvalue weighted by molar-refractivity contribution is 6.18. The molecule has 0 bridgehead atoms. The molecular formula is C10H14N4O. The molecule has 0 aromatic carbocycles. The Kier molecular flexibility index (Phi) is 3.79. The Hall–Kier alpha value is -1.91. The van der Waals surface area contributed by atoms with Crippen molar-refractivity contribution in [2.45, 2.75) is 19.9 Å². The highest BCUT2D eigenvalue weighted by Crippen LogP contribution is 2.14. The van der Waals surface area contributed by atoms with Gasteiger partial charge in [-0.2, -0.15) is 5.10 Å². The summed E-state index contributed by atoms with van der Waals surface area (Å²) in [6.45, 7) is 7.56. The van der Waals surface area contributed by atoms with Crippen LogP contribution in [0.2, 0.25) is 0 Å². The maximum absolute atomic E-state index is 10.2. The normalized spacial score (nSPS) is 20.3. The number of hydrogen-bond donors (Lipinski definition) is 1. The maximum atomic E-state index is 10.2. The number of hydrazone groups is 1. The third-order valence-electron chi connectivity index (χ3n) is 1.81. The van der Waals surface area contributed by atoms with E-state index in [9.17, 15) is 4.79 Å². The van der Waals surface area contributed by atoms with Crippen LogP contribution in [0.4, 0.5) is 0 Å². The van der Waals surface area contributed by atoms with Gasteiger partial charge in [0.2, 0.25) is 6.41 Å². The van der Waals surface area contributed by atoms with Crippen LogP contribution in [0.5, 0.6) is 0 Å². The van der Waals surface area contributed by atoms with E-state index in [-0.39, 0.29) is 6.04 Å². The maximum Gasteiger partial charge on any atom is 0.211 e. The second-order valence-electron chi connectivity index (χ2n) is 3.20. The number of carbonyl (C=O) groups excluding carboxylic acids is 1. The Bertz CT molecular complexity index is 341. The number of nitrogens with one attached hydrogen (secondary N) is 1. The Morgan fingerprint density at radius 2 is 2.40 bits per heavy atom. The molecule has 0 fully saturated rings. The largest absolute Gasteiger partial charge is 0.334 e. The predicted molar refractivity (Wildman–Crippen MR) is 60.4 cm³/mol. The van der Waals surface area contributed by atoms with Crippen LogP contribution in [0.15, 0.2) is 34.6 Å². The molecule has 0 saturated carbocycles. The molecule has 1 aliphatic rings. The van der Waals surface area contributed by atoms with Crippen LogP contribution in [-0.2, 0) is 4.79 Å². The van der Waals surface area contributed by atoms with Gasteiger partial charge in [-0.1, -0.05) is 6.58 Å². The van der Waals surface area contributed by atoms with Crippen LogP contribution in [0.1, 0.15) is 13.8 Å². The third kappa shape index (κ3) is 2.52. The van der Waals surface area contributed by atoms with E-state index in [1.54, 1.807) is 17.4 Å². The van der Waals surface area contributed by atoms with Crippen molar-refractivity contribution in [1.82, 2.24) is 10.3 Å². The van der Waals surface area contributed by atoms with E-state index in [4.69, 9.17) is 0 Å². The highest BCUT2D eigenvalue weighted by Gasteiger charge is 2.22. The molecular weight excluding hydrogens is 192 g/mol. The first kappa shape index (κ1) is 11.2. The van der Waals surface area contributed by atoms with Crippen molar-refractivity contribution in [3.8, 4) is 0 Å². The summed E-state index contributed by atoms with van der Waals surface area (Å²) in [5.74, 6) is 0.689. The van der Waals surface area contributed by atoms with Crippen LogP contribution in [-0.4, -0.2) is 29.5 Å². The summed E-state index contributed by atoms with van der Waals surface area (Å²) in [6.07, 6.45) is 5.26. The molecule has 0 unspecified atom stereocenters. The van der Waals surface area contributed by atoms with Gasteiger partial charge >= 0.3 is 0 Å². The van der Waals surface area contributed by atoms with E-state index in [0.29, 0.717) is 12.2 Å². The smallest absolute Gasteiger partial charge is 0.211 e. The summed E-state index contributed by atoms with van der Waals surface area (Å²) < 4.78 is 0.